The number of aliphatic hydroxyl groups excluding tert-OH is 2. The van der Waals surface area contributed by atoms with Crippen molar-refractivity contribution in [2.24, 2.45) is 0 Å². The topological polar surface area (TPSA) is 125 Å². The average Bonchev–Trinajstić information content (AvgIpc) is 2.93. The van der Waals surface area contributed by atoms with Gasteiger partial charge in [0.05, 0.1) is 23.3 Å². The van der Waals surface area contributed by atoms with Crippen LogP contribution in [-0.2, 0) is 9.59 Å². The maximum absolute atomic E-state index is 13.5. The molecule has 2 amide bonds. The van der Waals surface area contributed by atoms with E-state index in [0.717, 1.165) is 32.1 Å². The van der Waals surface area contributed by atoms with Crippen LogP contribution >= 0.6 is 22.6 Å². The summed E-state index contributed by atoms with van der Waals surface area (Å²) in [5, 5.41) is 23.5. The lowest BCUT2D eigenvalue weighted by Gasteiger charge is -2.45. The number of amides is 2. The number of halogens is 1. The Balaban J connectivity index is 2.03. The highest BCUT2D eigenvalue weighted by Crippen LogP contribution is 2.38. The second-order valence-electron chi connectivity index (χ2n) is 9.52. The Morgan fingerprint density at radius 1 is 1.24 bits per heavy atom. The Bertz CT molecular complexity index is 1050. The van der Waals surface area contributed by atoms with Gasteiger partial charge in [-0.1, -0.05) is 32.3 Å². The van der Waals surface area contributed by atoms with Crippen LogP contribution in [0.1, 0.15) is 62.2 Å². The smallest absolute Gasteiger partial charge is 0.247 e. The molecule has 2 aliphatic carbocycles. The molecule has 1 aromatic rings. The number of nitrogens with one attached hydrogen (secondary N) is 1. The van der Waals surface area contributed by atoms with Gasteiger partial charge in [-0.15, -0.1) is 0 Å². The van der Waals surface area contributed by atoms with Crippen LogP contribution in [0.5, 0.6) is 11.5 Å². The molecule has 3 rings (SSSR count). The summed E-state index contributed by atoms with van der Waals surface area (Å²) >= 11 is 2.03. The van der Waals surface area contributed by atoms with Crippen molar-refractivity contribution in [1.82, 2.24) is 10.2 Å². The van der Waals surface area contributed by atoms with E-state index in [1.165, 1.54) is 7.11 Å². The zero-order valence-electron chi connectivity index (χ0n) is 21.9. The van der Waals surface area contributed by atoms with Crippen molar-refractivity contribution in [2.75, 3.05) is 20.3 Å². The molecule has 0 aromatic heterocycles. The zero-order chi connectivity index (χ0) is 27.7. The monoisotopic (exact) mass is 640 g/mol. The van der Waals surface area contributed by atoms with Gasteiger partial charge < -0.3 is 29.9 Å². The quantitative estimate of drug-likeness (QED) is 0.193. The van der Waals surface area contributed by atoms with Crippen molar-refractivity contribution in [3.05, 3.63) is 45.1 Å². The van der Waals surface area contributed by atoms with Crippen LogP contribution < -0.4 is 14.8 Å². The SMILES string of the molecule is CCC=CC(=O)N(C1CCCCC1)C1CC(C(=O)NCCO)=CC(Oc2c(I)cc(C=O)cc2OC)C1O. The number of aldehydes is 1. The fourth-order valence-electron chi connectivity index (χ4n) is 5.08. The van der Waals surface area contributed by atoms with Gasteiger partial charge in [0.15, 0.2) is 11.5 Å². The molecular weight excluding hydrogens is 603 g/mol. The van der Waals surface area contributed by atoms with E-state index in [1.54, 1.807) is 35.3 Å². The van der Waals surface area contributed by atoms with Gasteiger partial charge >= 0.3 is 0 Å². The standard InChI is InChI=1S/C28H37IN2O7/c1-3-4-10-25(34)31(20-8-6-5-7-9-20)22-15-19(28(36)30-11-12-32)16-23(26(22)35)38-27-21(29)13-18(17-33)14-24(27)37-2/h4,10,13-14,16-17,20,22-23,26,32,35H,3,5-9,11-12,15H2,1-2H3,(H,30,36). The van der Waals surface area contributed by atoms with E-state index in [9.17, 15) is 24.6 Å². The van der Waals surface area contributed by atoms with Crippen LogP contribution in [0.3, 0.4) is 0 Å². The van der Waals surface area contributed by atoms with Gasteiger partial charge in [-0.3, -0.25) is 14.4 Å². The molecule has 0 spiro atoms. The molecule has 3 unspecified atom stereocenters. The maximum atomic E-state index is 13.5. The zero-order valence-corrected chi connectivity index (χ0v) is 24.1. The summed E-state index contributed by atoms with van der Waals surface area (Å²) in [5.74, 6) is 0.0685. The van der Waals surface area contributed by atoms with Gasteiger partial charge in [-0.25, -0.2) is 0 Å². The summed E-state index contributed by atoms with van der Waals surface area (Å²) < 4.78 is 12.3. The minimum Gasteiger partial charge on any atom is -0.493 e. The highest BCUT2D eigenvalue weighted by molar-refractivity contribution is 14.1. The fraction of sp³-hybridized carbons (Fsp3) is 0.536. The molecule has 38 heavy (non-hydrogen) atoms. The van der Waals surface area contributed by atoms with Crippen LogP contribution in [0.25, 0.3) is 0 Å². The summed E-state index contributed by atoms with van der Waals surface area (Å²) in [7, 11) is 1.46. The van der Waals surface area contributed by atoms with Crippen molar-refractivity contribution in [3.63, 3.8) is 0 Å². The number of allylic oxidation sites excluding steroid dienone is 1. The number of hydrogen-bond acceptors (Lipinski definition) is 7. The molecule has 208 valence electrons. The van der Waals surface area contributed by atoms with Gasteiger partial charge in [-0.05, 0) is 66.1 Å². The van der Waals surface area contributed by atoms with Crippen LogP contribution in [0.2, 0.25) is 0 Å². The molecule has 0 saturated heterocycles. The summed E-state index contributed by atoms with van der Waals surface area (Å²) in [6, 6.07) is 2.43. The molecule has 1 fully saturated rings. The molecule has 3 N–H and O–H groups in total. The molecule has 0 aliphatic heterocycles. The van der Waals surface area contributed by atoms with E-state index in [2.05, 4.69) is 5.32 Å². The van der Waals surface area contributed by atoms with Gasteiger partial charge in [0.1, 0.15) is 18.5 Å². The predicted octanol–water partition coefficient (Wildman–Crippen LogP) is 3.16. The maximum Gasteiger partial charge on any atom is 0.247 e. The number of methoxy groups -OCH3 is 1. The third-order valence-electron chi connectivity index (χ3n) is 6.93. The molecule has 0 radical (unpaired) electrons. The van der Waals surface area contributed by atoms with Crippen molar-refractivity contribution in [3.8, 4) is 11.5 Å². The molecular formula is C28H37IN2O7. The van der Waals surface area contributed by atoms with Crippen LogP contribution in [-0.4, -0.2) is 77.8 Å². The summed E-state index contributed by atoms with van der Waals surface area (Å²) in [4.78, 5) is 39.6. The number of benzene rings is 1. The van der Waals surface area contributed by atoms with E-state index in [1.807, 2.05) is 29.5 Å². The van der Waals surface area contributed by atoms with E-state index in [-0.39, 0.29) is 37.4 Å². The molecule has 2 aliphatic rings. The largest absolute Gasteiger partial charge is 0.493 e. The summed E-state index contributed by atoms with van der Waals surface area (Å²) in [5.41, 5.74) is 0.780. The van der Waals surface area contributed by atoms with Crippen LogP contribution in [0.4, 0.5) is 0 Å². The number of rotatable bonds is 11. The van der Waals surface area contributed by atoms with Crippen molar-refractivity contribution in [1.29, 1.82) is 0 Å². The Kier molecular flexibility index (Phi) is 11.6. The van der Waals surface area contributed by atoms with Crippen molar-refractivity contribution in [2.45, 2.75) is 76.2 Å². The van der Waals surface area contributed by atoms with Gasteiger partial charge in [0, 0.05) is 30.1 Å². The molecule has 10 heteroatoms. The van der Waals surface area contributed by atoms with E-state index >= 15 is 0 Å². The number of carbonyl (C=O) groups is 3. The molecule has 3 atom stereocenters. The average molecular weight is 641 g/mol. The number of carbonyl (C=O) groups excluding carboxylic acids is 3. The van der Waals surface area contributed by atoms with Crippen molar-refractivity contribution < 1.29 is 34.1 Å². The molecule has 1 saturated carbocycles. The number of hydrogen-bond donors (Lipinski definition) is 3. The van der Waals surface area contributed by atoms with Crippen LogP contribution in [0, 0.1) is 3.57 Å². The Morgan fingerprint density at radius 3 is 2.61 bits per heavy atom. The van der Waals surface area contributed by atoms with Crippen molar-refractivity contribution >= 4 is 40.7 Å². The number of nitrogens with zero attached hydrogens (tertiary/aromatic N) is 1. The number of ether oxygens (including phenoxy) is 2. The Hall–Kier alpha value is -2.44. The molecule has 1 aromatic carbocycles. The summed E-state index contributed by atoms with van der Waals surface area (Å²) in [6.45, 7) is 1.82. The first-order valence-electron chi connectivity index (χ1n) is 13.1. The Labute approximate surface area is 237 Å². The third kappa shape index (κ3) is 7.35. The minimum absolute atomic E-state index is 0.0561. The van der Waals surface area contributed by atoms with E-state index in [4.69, 9.17) is 9.47 Å². The predicted molar refractivity (Wildman–Crippen MR) is 151 cm³/mol. The van der Waals surface area contributed by atoms with Gasteiger partial charge in [-0.2, -0.15) is 0 Å². The number of aliphatic hydroxyl groups is 2. The van der Waals surface area contributed by atoms with Gasteiger partial charge in [0.2, 0.25) is 11.8 Å². The minimum atomic E-state index is -1.13. The first kappa shape index (κ1) is 30.1. The van der Waals surface area contributed by atoms with E-state index in [0.29, 0.717) is 38.9 Å². The summed E-state index contributed by atoms with van der Waals surface area (Å²) in [6.07, 6.45) is 9.13. The Morgan fingerprint density at radius 2 is 1.97 bits per heavy atom. The lowest BCUT2D eigenvalue weighted by Crippen LogP contribution is -2.58. The second kappa shape index (κ2) is 14.6. The third-order valence-corrected chi connectivity index (χ3v) is 7.73. The first-order chi connectivity index (χ1) is 18.3. The molecule has 0 bridgehead atoms. The van der Waals surface area contributed by atoms with Gasteiger partial charge in [0.25, 0.3) is 0 Å². The second-order valence-corrected chi connectivity index (χ2v) is 10.7. The first-order valence-corrected chi connectivity index (χ1v) is 14.2. The lowest BCUT2D eigenvalue weighted by molar-refractivity contribution is -0.138. The normalized spacial score (nSPS) is 22.0. The molecule has 9 nitrogen and oxygen atoms in total. The lowest BCUT2D eigenvalue weighted by atomic mass is 9.85. The van der Waals surface area contributed by atoms with E-state index < -0.39 is 18.2 Å². The fourth-order valence-corrected chi connectivity index (χ4v) is 5.84. The molecule has 0 heterocycles. The van der Waals surface area contributed by atoms with Crippen LogP contribution in [0.15, 0.2) is 35.9 Å². The highest BCUT2D eigenvalue weighted by atomic mass is 127. The highest BCUT2D eigenvalue weighted by Gasteiger charge is 2.43.